The summed E-state index contributed by atoms with van der Waals surface area (Å²) < 4.78 is 2.08. The monoisotopic (exact) mass is 300 g/mol. The van der Waals surface area contributed by atoms with Gasteiger partial charge in [-0.05, 0) is 25.8 Å². The third-order valence-corrected chi connectivity index (χ3v) is 4.55. The number of nitrogens with zero attached hydrogens (tertiary/aromatic N) is 4. The summed E-state index contributed by atoms with van der Waals surface area (Å²) in [7, 11) is 2.03. The number of aliphatic hydroxyl groups is 1. The van der Waals surface area contributed by atoms with E-state index in [0.29, 0.717) is 6.04 Å². The van der Waals surface area contributed by atoms with Crippen molar-refractivity contribution in [3.05, 3.63) is 36.2 Å². The minimum Gasteiger partial charge on any atom is -0.396 e. The lowest BCUT2D eigenvalue weighted by Gasteiger charge is -2.35. The molecule has 1 fully saturated rings. The van der Waals surface area contributed by atoms with Gasteiger partial charge in [-0.1, -0.05) is 36.8 Å². The van der Waals surface area contributed by atoms with Crippen LogP contribution in [0.4, 0.5) is 0 Å². The lowest BCUT2D eigenvalue weighted by Crippen LogP contribution is -2.40. The molecule has 22 heavy (non-hydrogen) atoms. The molecule has 1 N–H and O–H groups in total. The highest BCUT2D eigenvalue weighted by Gasteiger charge is 2.24. The maximum Gasteiger partial charge on any atom is 0.163 e. The van der Waals surface area contributed by atoms with Crippen LogP contribution in [0.5, 0.6) is 0 Å². The molecule has 2 aromatic rings. The Morgan fingerprint density at radius 3 is 2.77 bits per heavy atom. The summed E-state index contributed by atoms with van der Waals surface area (Å²) in [4.78, 5) is 2.44. The van der Waals surface area contributed by atoms with Gasteiger partial charge >= 0.3 is 0 Å². The SMILES string of the molecule is Cn1c(CN2CCCCC2CCO)nnc1-c1ccccc1. The Bertz CT molecular complexity index is 594. The molecule has 1 aromatic carbocycles. The van der Waals surface area contributed by atoms with Crippen molar-refractivity contribution in [2.75, 3.05) is 13.2 Å². The van der Waals surface area contributed by atoms with Crippen LogP contribution in [-0.2, 0) is 13.6 Å². The molecule has 118 valence electrons. The predicted molar refractivity (Wildman–Crippen MR) is 86.2 cm³/mol. The molecule has 3 rings (SSSR count). The van der Waals surface area contributed by atoms with Gasteiger partial charge < -0.3 is 9.67 Å². The van der Waals surface area contributed by atoms with Crippen molar-refractivity contribution in [3.63, 3.8) is 0 Å². The third kappa shape index (κ3) is 3.20. The summed E-state index contributed by atoms with van der Waals surface area (Å²) in [6.07, 6.45) is 4.51. The van der Waals surface area contributed by atoms with E-state index < -0.39 is 0 Å². The van der Waals surface area contributed by atoms with Crippen molar-refractivity contribution in [2.45, 2.75) is 38.3 Å². The Morgan fingerprint density at radius 2 is 2.00 bits per heavy atom. The molecule has 5 heteroatoms. The molecular formula is C17H24N4O. The van der Waals surface area contributed by atoms with Gasteiger partial charge in [-0.3, -0.25) is 4.90 Å². The topological polar surface area (TPSA) is 54.2 Å². The van der Waals surface area contributed by atoms with Crippen LogP contribution in [0.25, 0.3) is 11.4 Å². The van der Waals surface area contributed by atoms with Crippen molar-refractivity contribution in [1.82, 2.24) is 19.7 Å². The molecule has 1 aliphatic rings. The molecule has 0 aliphatic carbocycles. The fraction of sp³-hybridized carbons (Fsp3) is 0.529. The van der Waals surface area contributed by atoms with E-state index in [1.54, 1.807) is 0 Å². The average molecular weight is 300 g/mol. The summed E-state index contributed by atoms with van der Waals surface area (Å²) in [6, 6.07) is 10.6. The van der Waals surface area contributed by atoms with Crippen molar-refractivity contribution in [3.8, 4) is 11.4 Å². The van der Waals surface area contributed by atoms with Crippen molar-refractivity contribution in [1.29, 1.82) is 0 Å². The van der Waals surface area contributed by atoms with E-state index >= 15 is 0 Å². The normalized spacial score (nSPS) is 19.5. The highest BCUT2D eigenvalue weighted by Crippen LogP contribution is 2.23. The second-order valence-corrected chi connectivity index (χ2v) is 6.00. The molecule has 0 saturated carbocycles. The number of rotatable bonds is 5. The molecule has 0 radical (unpaired) electrons. The number of hydrogen-bond donors (Lipinski definition) is 1. The van der Waals surface area contributed by atoms with Gasteiger partial charge in [0.2, 0.25) is 0 Å². The molecule has 2 heterocycles. The zero-order valence-corrected chi connectivity index (χ0v) is 13.1. The van der Waals surface area contributed by atoms with Gasteiger partial charge in [-0.15, -0.1) is 10.2 Å². The predicted octanol–water partition coefficient (Wildman–Crippen LogP) is 2.22. The molecule has 1 unspecified atom stereocenters. The summed E-state index contributed by atoms with van der Waals surface area (Å²) in [6.45, 7) is 2.15. The van der Waals surface area contributed by atoms with Gasteiger partial charge in [0.15, 0.2) is 5.82 Å². The Morgan fingerprint density at radius 1 is 1.18 bits per heavy atom. The van der Waals surface area contributed by atoms with E-state index in [1.807, 2.05) is 25.2 Å². The first kappa shape index (κ1) is 15.2. The summed E-state index contributed by atoms with van der Waals surface area (Å²) in [5.74, 6) is 1.90. The number of aliphatic hydroxyl groups excluding tert-OH is 1. The summed E-state index contributed by atoms with van der Waals surface area (Å²) in [5, 5.41) is 18.0. The zero-order chi connectivity index (χ0) is 15.4. The Balaban J connectivity index is 1.77. The second-order valence-electron chi connectivity index (χ2n) is 6.00. The molecule has 0 spiro atoms. The van der Waals surface area contributed by atoms with Crippen molar-refractivity contribution >= 4 is 0 Å². The summed E-state index contributed by atoms with van der Waals surface area (Å²) in [5.41, 5.74) is 1.09. The minimum atomic E-state index is 0.259. The van der Waals surface area contributed by atoms with Crippen LogP contribution < -0.4 is 0 Å². The second kappa shape index (κ2) is 7.03. The van der Waals surface area contributed by atoms with Gasteiger partial charge in [0, 0.05) is 25.3 Å². The maximum absolute atomic E-state index is 9.25. The maximum atomic E-state index is 9.25. The fourth-order valence-electron chi connectivity index (χ4n) is 3.26. The lowest BCUT2D eigenvalue weighted by molar-refractivity contribution is 0.109. The van der Waals surface area contributed by atoms with Crippen LogP contribution in [0.1, 0.15) is 31.5 Å². The first-order valence-corrected chi connectivity index (χ1v) is 8.08. The molecule has 1 aliphatic heterocycles. The standard InChI is InChI=1S/C17H24N4O/c1-20-16(13-21-11-6-5-9-15(21)10-12-22)18-19-17(20)14-7-3-2-4-8-14/h2-4,7-8,15,22H,5-6,9-13H2,1H3. The summed E-state index contributed by atoms with van der Waals surface area (Å²) >= 11 is 0. The largest absolute Gasteiger partial charge is 0.396 e. The van der Waals surface area contributed by atoms with E-state index in [4.69, 9.17) is 0 Å². The van der Waals surface area contributed by atoms with Crippen LogP contribution >= 0.6 is 0 Å². The Labute approximate surface area is 131 Å². The smallest absolute Gasteiger partial charge is 0.163 e. The molecule has 1 aromatic heterocycles. The van der Waals surface area contributed by atoms with E-state index in [1.165, 1.54) is 19.3 Å². The first-order chi connectivity index (χ1) is 10.8. The van der Waals surface area contributed by atoms with Crippen LogP contribution in [0.15, 0.2) is 30.3 Å². The number of aromatic nitrogens is 3. The minimum absolute atomic E-state index is 0.259. The molecule has 0 amide bonds. The fourth-order valence-corrected chi connectivity index (χ4v) is 3.26. The first-order valence-electron chi connectivity index (χ1n) is 8.08. The van der Waals surface area contributed by atoms with Crippen LogP contribution in [0.3, 0.4) is 0 Å². The Hall–Kier alpha value is -1.72. The molecular weight excluding hydrogens is 276 g/mol. The van der Waals surface area contributed by atoms with E-state index in [-0.39, 0.29) is 6.61 Å². The third-order valence-electron chi connectivity index (χ3n) is 4.55. The van der Waals surface area contributed by atoms with Gasteiger partial charge in [-0.2, -0.15) is 0 Å². The highest BCUT2D eigenvalue weighted by molar-refractivity contribution is 5.54. The van der Waals surface area contributed by atoms with Gasteiger partial charge in [0.1, 0.15) is 5.82 Å². The van der Waals surface area contributed by atoms with Crippen molar-refractivity contribution in [2.24, 2.45) is 7.05 Å². The molecule has 1 atom stereocenters. The number of likely N-dealkylation sites (tertiary alicyclic amines) is 1. The van der Waals surface area contributed by atoms with E-state index in [9.17, 15) is 5.11 Å². The zero-order valence-electron chi connectivity index (χ0n) is 13.1. The van der Waals surface area contributed by atoms with Crippen LogP contribution in [0, 0.1) is 0 Å². The van der Waals surface area contributed by atoms with Crippen molar-refractivity contribution < 1.29 is 5.11 Å². The average Bonchev–Trinajstić information content (AvgIpc) is 2.91. The van der Waals surface area contributed by atoms with Gasteiger partial charge in [-0.25, -0.2) is 0 Å². The van der Waals surface area contributed by atoms with Gasteiger partial charge in [0.25, 0.3) is 0 Å². The quantitative estimate of drug-likeness (QED) is 0.920. The molecule has 5 nitrogen and oxygen atoms in total. The molecule has 1 saturated heterocycles. The van der Waals surface area contributed by atoms with Crippen LogP contribution in [0.2, 0.25) is 0 Å². The number of piperidine rings is 1. The van der Waals surface area contributed by atoms with Crippen LogP contribution in [-0.4, -0.2) is 44.0 Å². The molecule has 0 bridgehead atoms. The highest BCUT2D eigenvalue weighted by atomic mass is 16.3. The number of benzene rings is 1. The Kier molecular flexibility index (Phi) is 4.85. The van der Waals surface area contributed by atoms with E-state index in [2.05, 4.69) is 31.8 Å². The lowest BCUT2D eigenvalue weighted by atomic mass is 10.00. The number of hydrogen-bond acceptors (Lipinski definition) is 4. The van der Waals surface area contributed by atoms with E-state index in [0.717, 1.165) is 36.7 Å². The van der Waals surface area contributed by atoms with Gasteiger partial charge in [0.05, 0.1) is 6.54 Å².